The van der Waals surface area contributed by atoms with E-state index in [0.717, 1.165) is 30.8 Å². The number of sulfone groups is 1. The van der Waals surface area contributed by atoms with Gasteiger partial charge in [0.1, 0.15) is 5.69 Å². The largest absolute Gasteiger partial charge is 0.335 e. The van der Waals surface area contributed by atoms with Crippen molar-refractivity contribution < 1.29 is 13.2 Å². The van der Waals surface area contributed by atoms with Crippen molar-refractivity contribution in [1.82, 2.24) is 14.8 Å². The van der Waals surface area contributed by atoms with E-state index in [2.05, 4.69) is 9.88 Å². The van der Waals surface area contributed by atoms with E-state index in [1.165, 1.54) is 0 Å². The van der Waals surface area contributed by atoms with E-state index in [0.29, 0.717) is 28.6 Å². The van der Waals surface area contributed by atoms with Gasteiger partial charge in [-0.1, -0.05) is 35.9 Å². The average molecular weight is 436 g/mol. The first-order valence-corrected chi connectivity index (χ1v) is 11.8. The van der Waals surface area contributed by atoms with Crippen molar-refractivity contribution in [2.45, 2.75) is 23.3 Å². The summed E-state index contributed by atoms with van der Waals surface area (Å²) in [4.78, 5) is 21.4. The highest BCUT2D eigenvalue weighted by atomic mass is 32.2. The second kappa shape index (κ2) is 8.99. The van der Waals surface area contributed by atoms with Crippen molar-refractivity contribution in [2.75, 3.05) is 26.2 Å². The molecule has 0 spiro atoms. The second-order valence-corrected chi connectivity index (χ2v) is 9.69. The monoisotopic (exact) mass is 435 g/mol. The number of carbonyl (C=O) groups excluding carboxylic acids is 1. The summed E-state index contributed by atoms with van der Waals surface area (Å²) in [7, 11) is -3.51. The number of amides is 1. The Morgan fingerprint density at radius 3 is 2.06 bits per heavy atom. The van der Waals surface area contributed by atoms with Gasteiger partial charge >= 0.3 is 0 Å². The van der Waals surface area contributed by atoms with Gasteiger partial charge in [-0.05, 0) is 48.9 Å². The Morgan fingerprint density at radius 1 is 0.871 bits per heavy atom. The lowest BCUT2D eigenvalue weighted by Gasteiger charge is -2.34. The molecule has 3 aromatic rings. The molecule has 0 radical (unpaired) electrons. The van der Waals surface area contributed by atoms with E-state index in [1.807, 2.05) is 30.0 Å². The highest BCUT2D eigenvalue weighted by molar-refractivity contribution is 7.91. The molecule has 0 N–H and O–H groups in total. The highest BCUT2D eigenvalue weighted by Crippen LogP contribution is 2.22. The number of nitrogens with zero attached hydrogens (tertiary/aromatic N) is 3. The van der Waals surface area contributed by atoms with Gasteiger partial charge in [0.2, 0.25) is 9.84 Å². The molecule has 2 heterocycles. The second-order valence-electron chi connectivity index (χ2n) is 7.74. The Hall–Kier alpha value is -3.03. The number of hydrogen-bond acceptors (Lipinski definition) is 5. The van der Waals surface area contributed by atoms with Crippen molar-refractivity contribution >= 4 is 15.7 Å². The van der Waals surface area contributed by atoms with E-state index < -0.39 is 9.84 Å². The summed E-state index contributed by atoms with van der Waals surface area (Å²) in [5.41, 5.74) is 2.55. The van der Waals surface area contributed by atoms with Gasteiger partial charge in [0.25, 0.3) is 5.91 Å². The molecule has 1 aliphatic rings. The van der Waals surface area contributed by atoms with Crippen LogP contribution in [0.5, 0.6) is 0 Å². The van der Waals surface area contributed by atoms with Crippen LogP contribution in [-0.4, -0.2) is 55.3 Å². The predicted molar refractivity (Wildman–Crippen MR) is 118 cm³/mol. The molecule has 31 heavy (non-hydrogen) atoms. The lowest BCUT2D eigenvalue weighted by molar-refractivity contribution is 0.0622. The smallest absolute Gasteiger partial charge is 0.272 e. The number of aryl methyl sites for hydroxylation is 1. The quantitative estimate of drug-likeness (QED) is 0.616. The van der Waals surface area contributed by atoms with Crippen LogP contribution < -0.4 is 0 Å². The minimum absolute atomic E-state index is 0.0362. The van der Waals surface area contributed by atoms with Crippen LogP contribution in [0.2, 0.25) is 0 Å². The summed E-state index contributed by atoms with van der Waals surface area (Å²) < 4.78 is 25.6. The van der Waals surface area contributed by atoms with Crippen LogP contribution in [0.25, 0.3) is 0 Å². The Balaban J connectivity index is 1.36. The van der Waals surface area contributed by atoms with Crippen molar-refractivity contribution in [3.8, 4) is 0 Å². The van der Waals surface area contributed by atoms with Crippen LogP contribution in [-0.2, 0) is 16.4 Å². The fourth-order valence-electron chi connectivity index (χ4n) is 3.65. The zero-order chi connectivity index (χ0) is 21.8. The maximum absolute atomic E-state index is 12.8. The molecule has 1 saturated heterocycles. The zero-order valence-corrected chi connectivity index (χ0v) is 18.3. The summed E-state index contributed by atoms with van der Waals surface area (Å²) in [5, 5.41) is 0. The van der Waals surface area contributed by atoms with E-state index in [1.54, 1.807) is 54.7 Å². The molecule has 160 valence electrons. The molecule has 0 aliphatic carbocycles. The summed E-state index contributed by atoms with van der Waals surface area (Å²) in [5.74, 6) is -0.0362. The first kappa shape index (κ1) is 21.2. The SMILES string of the molecule is Cc1ccc(S(=O)(=O)c2ccc(CN3CCN(C(=O)c4ccccn4)CC3)cc2)cc1. The number of carbonyl (C=O) groups is 1. The highest BCUT2D eigenvalue weighted by Gasteiger charge is 2.23. The van der Waals surface area contributed by atoms with Crippen LogP contribution in [0.3, 0.4) is 0 Å². The van der Waals surface area contributed by atoms with Crippen LogP contribution in [0.4, 0.5) is 0 Å². The Bertz CT molecular complexity index is 1140. The number of pyridine rings is 1. The van der Waals surface area contributed by atoms with Crippen LogP contribution in [0, 0.1) is 6.92 Å². The molecule has 0 bridgehead atoms. The molecule has 7 heteroatoms. The van der Waals surface area contributed by atoms with Crippen LogP contribution >= 0.6 is 0 Å². The van der Waals surface area contributed by atoms with Crippen LogP contribution in [0.1, 0.15) is 21.6 Å². The first-order valence-electron chi connectivity index (χ1n) is 10.3. The summed E-state index contributed by atoms with van der Waals surface area (Å²) in [6, 6.07) is 19.3. The molecule has 0 atom stereocenters. The maximum Gasteiger partial charge on any atom is 0.272 e. The Kier molecular flexibility index (Phi) is 6.15. The number of rotatable bonds is 5. The zero-order valence-electron chi connectivity index (χ0n) is 17.4. The van der Waals surface area contributed by atoms with Crippen molar-refractivity contribution in [1.29, 1.82) is 0 Å². The number of hydrogen-bond donors (Lipinski definition) is 0. The van der Waals surface area contributed by atoms with Gasteiger partial charge in [0.05, 0.1) is 9.79 Å². The summed E-state index contributed by atoms with van der Waals surface area (Å²) in [6.07, 6.45) is 1.63. The van der Waals surface area contributed by atoms with Gasteiger partial charge < -0.3 is 4.90 Å². The maximum atomic E-state index is 12.8. The molecule has 1 aromatic heterocycles. The van der Waals surface area contributed by atoms with Crippen molar-refractivity contribution in [3.63, 3.8) is 0 Å². The van der Waals surface area contributed by atoms with Crippen molar-refractivity contribution in [2.24, 2.45) is 0 Å². The fourth-order valence-corrected chi connectivity index (χ4v) is 4.91. The number of piperazine rings is 1. The fraction of sp³-hybridized carbons (Fsp3) is 0.250. The average Bonchev–Trinajstić information content (AvgIpc) is 2.80. The van der Waals surface area contributed by atoms with Crippen molar-refractivity contribution in [3.05, 3.63) is 89.7 Å². The molecule has 0 saturated carbocycles. The van der Waals surface area contributed by atoms with Crippen LogP contribution in [0.15, 0.2) is 82.7 Å². The first-order chi connectivity index (χ1) is 14.9. The minimum atomic E-state index is -3.51. The van der Waals surface area contributed by atoms with Gasteiger partial charge in [-0.3, -0.25) is 14.7 Å². The molecule has 2 aromatic carbocycles. The molecule has 1 fully saturated rings. The van der Waals surface area contributed by atoms with E-state index in [-0.39, 0.29) is 5.91 Å². The Morgan fingerprint density at radius 2 is 1.48 bits per heavy atom. The van der Waals surface area contributed by atoms with Gasteiger partial charge in [-0.15, -0.1) is 0 Å². The minimum Gasteiger partial charge on any atom is -0.335 e. The van der Waals surface area contributed by atoms with Gasteiger partial charge in [0.15, 0.2) is 0 Å². The van der Waals surface area contributed by atoms with E-state index >= 15 is 0 Å². The predicted octanol–water partition coefficient (Wildman–Crippen LogP) is 3.18. The Labute approximate surface area is 183 Å². The molecular formula is C24H25N3O3S. The van der Waals surface area contributed by atoms with Gasteiger partial charge in [-0.2, -0.15) is 0 Å². The molecule has 4 rings (SSSR count). The summed E-state index contributed by atoms with van der Waals surface area (Å²) >= 11 is 0. The standard InChI is InChI=1S/C24H25N3O3S/c1-19-5-9-21(10-6-19)31(29,30)22-11-7-20(8-12-22)18-26-14-16-27(17-15-26)24(28)23-4-2-3-13-25-23/h2-13H,14-18H2,1H3. The molecule has 6 nitrogen and oxygen atoms in total. The van der Waals surface area contributed by atoms with E-state index in [9.17, 15) is 13.2 Å². The van der Waals surface area contributed by atoms with Gasteiger partial charge in [0, 0.05) is 38.9 Å². The lowest BCUT2D eigenvalue weighted by atomic mass is 10.2. The third-order valence-corrected chi connectivity index (χ3v) is 7.30. The topological polar surface area (TPSA) is 70.6 Å². The normalized spacial score (nSPS) is 15.1. The van der Waals surface area contributed by atoms with E-state index in [4.69, 9.17) is 0 Å². The molecule has 0 unspecified atom stereocenters. The molecule has 1 aliphatic heterocycles. The van der Waals surface area contributed by atoms with Gasteiger partial charge in [-0.25, -0.2) is 8.42 Å². The molecule has 1 amide bonds. The third-order valence-electron chi connectivity index (χ3n) is 5.51. The molecular weight excluding hydrogens is 410 g/mol. The number of aromatic nitrogens is 1. The summed E-state index contributed by atoms with van der Waals surface area (Å²) in [6.45, 7) is 5.48. The lowest BCUT2D eigenvalue weighted by Crippen LogP contribution is -2.48. The number of benzene rings is 2. The third kappa shape index (κ3) is 4.84.